The first kappa shape index (κ1) is 17.4. The molecule has 1 aromatic heterocycles. The van der Waals surface area contributed by atoms with E-state index in [1.807, 2.05) is 55.5 Å². The van der Waals surface area contributed by atoms with E-state index in [9.17, 15) is 5.11 Å². The SMILES string of the molecule is C[C@@H](NC[C@H](CCO)c1ccccc1)c1ncc(-c2ccccc2)o1. The van der Waals surface area contributed by atoms with Crippen LogP contribution in [-0.2, 0) is 0 Å². The molecule has 0 bridgehead atoms. The van der Waals surface area contributed by atoms with Gasteiger partial charge in [-0.2, -0.15) is 0 Å². The molecule has 0 aliphatic carbocycles. The highest BCUT2D eigenvalue weighted by Gasteiger charge is 2.16. The van der Waals surface area contributed by atoms with Crippen molar-refractivity contribution in [1.82, 2.24) is 10.3 Å². The molecule has 130 valence electrons. The molecule has 0 aliphatic rings. The van der Waals surface area contributed by atoms with E-state index in [1.54, 1.807) is 6.20 Å². The number of nitrogens with one attached hydrogen (secondary N) is 1. The van der Waals surface area contributed by atoms with Crippen LogP contribution in [0.4, 0.5) is 0 Å². The zero-order valence-corrected chi connectivity index (χ0v) is 14.4. The van der Waals surface area contributed by atoms with Crippen LogP contribution in [0.25, 0.3) is 11.3 Å². The van der Waals surface area contributed by atoms with Crippen molar-refractivity contribution in [2.75, 3.05) is 13.2 Å². The summed E-state index contributed by atoms with van der Waals surface area (Å²) in [6.07, 6.45) is 2.50. The summed E-state index contributed by atoms with van der Waals surface area (Å²) in [6.45, 7) is 2.98. The first-order chi connectivity index (χ1) is 12.3. The highest BCUT2D eigenvalue weighted by molar-refractivity contribution is 5.55. The van der Waals surface area contributed by atoms with Gasteiger partial charge in [-0.1, -0.05) is 60.7 Å². The Bertz CT molecular complexity index is 756. The van der Waals surface area contributed by atoms with E-state index >= 15 is 0 Å². The number of hydrogen-bond donors (Lipinski definition) is 2. The van der Waals surface area contributed by atoms with Crippen LogP contribution in [-0.4, -0.2) is 23.2 Å². The lowest BCUT2D eigenvalue weighted by Crippen LogP contribution is -2.25. The van der Waals surface area contributed by atoms with Gasteiger partial charge in [0.1, 0.15) is 0 Å². The molecule has 0 spiro atoms. The normalized spacial score (nSPS) is 13.5. The molecule has 3 aromatic rings. The fraction of sp³-hybridized carbons (Fsp3) is 0.286. The Morgan fingerprint density at radius 3 is 2.40 bits per heavy atom. The Morgan fingerprint density at radius 2 is 1.72 bits per heavy atom. The summed E-state index contributed by atoms with van der Waals surface area (Å²) in [5.74, 6) is 1.71. The number of aromatic nitrogens is 1. The predicted octanol–water partition coefficient (Wildman–Crippen LogP) is 4.16. The van der Waals surface area contributed by atoms with Gasteiger partial charge >= 0.3 is 0 Å². The zero-order chi connectivity index (χ0) is 17.5. The third kappa shape index (κ3) is 4.56. The van der Waals surface area contributed by atoms with Crippen molar-refractivity contribution in [3.63, 3.8) is 0 Å². The predicted molar refractivity (Wildman–Crippen MR) is 99.2 cm³/mol. The monoisotopic (exact) mass is 336 g/mol. The van der Waals surface area contributed by atoms with Gasteiger partial charge in [-0.3, -0.25) is 0 Å². The summed E-state index contributed by atoms with van der Waals surface area (Å²) in [4.78, 5) is 4.41. The second-order valence-corrected chi connectivity index (χ2v) is 6.18. The first-order valence-corrected chi connectivity index (χ1v) is 8.68. The van der Waals surface area contributed by atoms with Crippen molar-refractivity contribution in [2.24, 2.45) is 0 Å². The fourth-order valence-corrected chi connectivity index (χ4v) is 2.90. The van der Waals surface area contributed by atoms with Crippen LogP contribution in [0.15, 0.2) is 71.3 Å². The minimum atomic E-state index is 0.00219. The Labute approximate surface area is 148 Å². The molecular formula is C21H24N2O2. The number of benzene rings is 2. The molecular weight excluding hydrogens is 312 g/mol. The number of aliphatic hydroxyl groups excluding tert-OH is 1. The highest BCUT2D eigenvalue weighted by atomic mass is 16.4. The van der Waals surface area contributed by atoms with Crippen LogP contribution in [0, 0.1) is 0 Å². The Kier molecular flexibility index (Phi) is 5.99. The van der Waals surface area contributed by atoms with E-state index in [4.69, 9.17) is 4.42 Å². The van der Waals surface area contributed by atoms with Crippen molar-refractivity contribution in [1.29, 1.82) is 0 Å². The van der Waals surface area contributed by atoms with Gasteiger partial charge in [0.05, 0.1) is 12.2 Å². The summed E-state index contributed by atoms with van der Waals surface area (Å²) >= 11 is 0. The molecule has 0 amide bonds. The van der Waals surface area contributed by atoms with E-state index < -0.39 is 0 Å². The molecule has 2 atom stereocenters. The third-order valence-electron chi connectivity index (χ3n) is 4.37. The van der Waals surface area contributed by atoms with Crippen LogP contribution in [0.3, 0.4) is 0 Å². The van der Waals surface area contributed by atoms with Gasteiger partial charge in [-0.25, -0.2) is 4.98 Å². The maximum atomic E-state index is 9.35. The minimum Gasteiger partial charge on any atom is -0.439 e. The smallest absolute Gasteiger partial charge is 0.211 e. The minimum absolute atomic E-state index is 0.00219. The number of oxazole rings is 1. The Morgan fingerprint density at radius 1 is 1.04 bits per heavy atom. The standard InChI is InChI=1S/C21H24N2O2/c1-16(21-23-15-20(25-21)18-10-6-3-7-11-18)22-14-19(12-13-24)17-8-4-2-5-9-17/h2-11,15-16,19,22,24H,12-14H2,1H3/t16-,19+/m1/s1. The molecule has 0 radical (unpaired) electrons. The molecule has 2 aromatic carbocycles. The second-order valence-electron chi connectivity index (χ2n) is 6.18. The van der Waals surface area contributed by atoms with Crippen molar-refractivity contribution >= 4 is 0 Å². The summed E-state index contributed by atoms with van der Waals surface area (Å²) in [5, 5.41) is 12.8. The maximum Gasteiger partial charge on any atom is 0.211 e. The number of nitrogens with zero attached hydrogens (tertiary/aromatic N) is 1. The molecule has 3 rings (SSSR count). The highest BCUT2D eigenvalue weighted by Crippen LogP contribution is 2.24. The van der Waals surface area contributed by atoms with E-state index in [0.717, 1.165) is 24.3 Å². The molecule has 4 nitrogen and oxygen atoms in total. The maximum absolute atomic E-state index is 9.35. The van der Waals surface area contributed by atoms with E-state index in [1.165, 1.54) is 5.56 Å². The van der Waals surface area contributed by atoms with Crippen LogP contribution in [0.2, 0.25) is 0 Å². The molecule has 1 heterocycles. The average molecular weight is 336 g/mol. The first-order valence-electron chi connectivity index (χ1n) is 8.68. The lowest BCUT2D eigenvalue weighted by atomic mass is 9.96. The molecule has 0 saturated carbocycles. The van der Waals surface area contributed by atoms with Gasteiger partial charge in [0.25, 0.3) is 0 Å². The molecule has 0 unspecified atom stereocenters. The summed E-state index contributed by atoms with van der Waals surface area (Å²) in [7, 11) is 0. The van der Waals surface area contributed by atoms with Gasteiger partial charge in [0, 0.05) is 18.7 Å². The fourth-order valence-electron chi connectivity index (χ4n) is 2.90. The Balaban J connectivity index is 1.63. The molecule has 0 aliphatic heterocycles. The molecule has 4 heteroatoms. The van der Waals surface area contributed by atoms with Crippen molar-refractivity contribution in [2.45, 2.75) is 25.3 Å². The van der Waals surface area contributed by atoms with Gasteiger partial charge < -0.3 is 14.8 Å². The average Bonchev–Trinajstić information content (AvgIpc) is 3.16. The van der Waals surface area contributed by atoms with Gasteiger partial charge in [0.15, 0.2) is 5.76 Å². The van der Waals surface area contributed by atoms with Crippen molar-refractivity contribution < 1.29 is 9.52 Å². The van der Waals surface area contributed by atoms with E-state index in [-0.39, 0.29) is 18.6 Å². The van der Waals surface area contributed by atoms with Crippen molar-refractivity contribution in [3.05, 3.63) is 78.3 Å². The summed E-state index contributed by atoms with van der Waals surface area (Å²) in [6, 6.07) is 20.2. The summed E-state index contributed by atoms with van der Waals surface area (Å²) < 4.78 is 5.91. The van der Waals surface area contributed by atoms with Gasteiger partial charge in [0.2, 0.25) is 5.89 Å². The topological polar surface area (TPSA) is 58.3 Å². The van der Waals surface area contributed by atoms with E-state index in [0.29, 0.717) is 5.89 Å². The van der Waals surface area contributed by atoms with Crippen LogP contribution in [0.5, 0.6) is 0 Å². The van der Waals surface area contributed by atoms with Crippen molar-refractivity contribution in [3.8, 4) is 11.3 Å². The van der Waals surface area contributed by atoms with Crippen LogP contribution < -0.4 is 5.32 Å². The van der Waals surface area contributed by atoms with Gasteiger partial charge in [-0.15, -0.1) is 0 Å². The second kappa shape index (κ2) is 8.60. The zero-order valence-electron chi connectivity index (χ0n) is 14.4. The largest absolute Gasteiger partial charge is 0.439 e. The van der Waals surface area contributed by atoms with Gasteiger partial charge in [-0.05, 0) is 24.8 Å². The van der Waals surface area contributed by atoms with Crippen LogP contribution >= 0.6 is 0 Å². The number of aliphatic hydroxyl groups is 1. The Hall–Kier alpha value is -2.43. The quantitative estimate of drug-likeness (QED) is 0.648. The molecule has 0 saturated heterocycles. The van der Waals surface area contributed by atoms with E-state index in [2.05, 4.69) is 22.4 Å². The lowest BCUT2D eigenvalue weighted by Gasteiger charge is -2.19. The molecule has 25 heavy (non-hydrogen) atoms. The number of rotatable bonds is 8. The van der Waals surface area contributed by atoms with Crippen LogP contribution in [0.1, 0.15) is 36.8 Å². The number of hydrogen-bond acceptors (Lipinski definition) is 4. The molecule has 2 N–H and O–H groups in total. The summed E-state index contributed by atoms with van der Waals surface area (Å²) in [5.41, 5.74) is 2.25. The lowest BCUT2D eigenvalue weighted by molar-refractivity contribution is 0.271. The third-order valence-corrected chi connectivity index (χ3v) is 4.37. The molecule has 0 fully saturated rings.